The van der Waals surface area contributed by atoms with Crippen molar-refractivity contribution in [2.24, 2.45) is 16.7 Å². The van der Waals surface area contributed by atoms with Gasteiger partial charge in [0.05, 0.1) is 17.1 Å². The van der Waals surface area contributed by atoms with E-state index >= 15 is 0 Å². The molecule has 4 aliphatic heterocycles. The van der Waals surface area contributed by atoms with Crippen LogP contribution in [0.1, 0.15) is 110 Å². The molecule has 4 fully saturated rings. The van der Waals surface area contributed by atoms with E-state index in [9.17, 15) is 24.4 Å². The van der Waals surface area contributed by atoms with Crippen LogP contribution in [0.2, 0.25) is 5.02 Å². The first-order valence-corrected chi connectivity index (χ1v) is 22.0. The zero-order valence-electron chi connectivity index (χ0n) is 35.3. The first-order chi connectivity index (χ1) is 29.2. The average Bonchev–Trinajstić information content (AvgIpc) is 3.77. The number of nitrogens with zero attached hydrogens (tertiary/aromatic N) is 4. The summed E-state index contributed by atoms with van der Waals surface area (Å²) in [4.78, 5) is 57.4. The molecule has 13 heteroatoms. The molecule has 0 radical (unpaired) electrons. The van der Waals surface area contributed by atoms with Crippen LogP contribution in [0.15, 0.2) is 65.1 Å². The van der Waals surface area contributed by atoms with Crippen molar-refractivity contribution >= 4 is 51.9 Å². The predicted octanol–water partition coefficient (Wildman–Crippen LogP) is 7.43. The van der Waals surface area contributed by atoms with Gasteiger partial charge in [-0.1, -0.05) is 51.4 Å². The molecule has 12 nitrogen and oxygen atoms in total. The van der Waals surface area contributed by atoms with Gasteiger partial charge in [-0.25, -0.2) is 0 Å². The molecule has 4 amide bonds. The topological polar surface area (TPSA) is 148 Å². The van der Waals surface area contributed by atoms with Crippen molar-refractivity contribution in [2.45, 2.75) is 96.9 Å². The third kappa shape index (κ3) is 7.54. The fraction of sp³-hybridized carbons (Fsp3) is 0.479. The van der Waals surface area contributed by atoms with Crippen molar-refractivity contribution in [3.8, 4) is 11.8 Å². The molecule has 9 rings (SSSR count). The summed E-state index contributed by atoms with van der Waals surface area (Å²) in [6, 6.07) is 20.8. The fourth-order valence-electron chi connectivity index (χ4n) is 11.2. The highest BCUT2D eigenvalue weighted by Gasteiger charge is 2.64. The molecular weight excluding hydrogens is 792 g/mol. The Kier molecular flexibility index (Phi) is 10.6. The zero-order valence-corrected chi connectivity index (χ0v) is 36.0. The maximum Gasteiger partial charge on any atom is 0.290 e. The summed E-state index contributed by atoms with van der Waals surface area (Å²) in [5, 5.41) is 16.1. The predicted molar refractivity (Wildman–Crippen MR) is 231 cm³/mol. The van der Waals surface area contributed by atoms with Gasteiger partial charge in [0.15, 0.2) is 5.76 Å². The second-order valence-corrected chi connectivity index (χ2v) is 19.3. The van der Waals surface area contributed by atoms with Gasteiger partial charge in [0.1, 0.15) is 29.5 Å². The molecule has 1 aliphatic carbocycles. The number of nitriles is 1. The summed E-state index contributed by atoms with van der Waals surface area (Å²) in [5.74, 6) is 0.923. The lowest BCUT2D eigenvalue weighted by Crippen LogP contribution is -2.74. The third-order valence-electron chi connectivity index (χ3n) is 14.3. The molecule has 2 N–H and O–H groups in total. The van der Waals surface area contributed by atoms with Crippen molar-refractivity contribution in [2.75, 3.05) is 37.6 Å². The summed E-state index contributed by atoms with van der Waals surface area (Å²) in [6.45, 7) is 13.9. The first kappa shape index (κ1) is 41.0. The summed E-state index contributed by atoms with van der Waals surface area (Å²) in [6.07, 6.45) is 4.81. The van der Waals surface area contributed by atoms with E-state index in [0.717, 1.165) is 75.0 Å². The van der Waals surface area contributed by atoms with Gasteiger partial charge in [0.25, 0.3) is 11.8 Å². The van der Waals surface area contributed by atoms with Crippen molar-refractivity contribution in [3.63, 3.8) is 0 Å². The van der Waals surface area contributed by atoms with E-state index < -0.39 is 11.9 Å². The maximum absolute atomic E-state index is 13.5. The van der Waals surface area contributed by atoms with Crippen LogP contribution < -0.4 is 20.3 Å². The van der Waals surface area contributed by atoms with Crippen LogP contribution in [0.4, 0.5) is 5.69 Å². The number of nitrogens with one attached hydrogen (secondary N) is 2. The summed E-state index contributed by atoms with van der Waals surface area (Å²) < 4.78 is 12.5. The number of fused-ring (bicyclic) bond motifs is 3. The lowest BCUT2D eigenvalue weighted by Gasteiger charge is -2.63. The molecule has 1 saturated carbocycles. The van der Waals surface area contributed by atoms with Gasteiger partial charge in [0, 0.05) is 77.3 Å². The smallest absolute Gasteiger partial charge is 0.290 e. The molecule has 1 atom stereocenters. The number of halogens is 1. The minimum Gasteiger partial charge on any atom is -0.489 e. The first-order valence-electron chi connectivity index (χ1n) is 21.7. The molecule has 0 bridgehead atoms. The van der Waals surface area contributed by atoms with E-state index in [1.165, 1.54) is 10.5 Å². The fourth-order valence-corrected chi connectivity index (χ4v) is 11.4. The van der Waals surface area contributed by atoms with E-state index in [-0.39, 0.29) is 47.1 Å². The van der Waals surface area contributed by atoms with E-state index in [0.29, 0.717) is 58.0 Å². The lowest BCUT2D eigenvalue weighted by molar-refractivity contribution is -0.164. The van der Waals surface area contributed by atoms with E-state index in [1.807, 2.05) is 24.3 Å². The summed E-state index contributed by atoms with van der Waals surface area (Å²) in [7, 11) is 0. The average molecular weight is 845 g/mol. The maximum atomic E-state index is 13.5. The number of furan rings is 1. The second-order valence-electron chi connectivity index (χ2n) is 18.9. The Bertz CT molecular complexity index is 2420. The van der Waals surface area contributed by atoms with E-state index in [4.69, 9.17) is 20.8 Å². The molecule has 3 saturated heterocycles. The number of likely N-dealkylation sites (tertiary alicyclic amines) is 1. The third-order valence-corrected chi connectivity index (χ3v) is 14.6. The molecule has 61 heavy (non-hydrogen) atoms. The Morgan fingerprint density at radius 1 is 0.934 bits per heavy atom. The molecular formula is C48H53ClN6O6. The van der Waals surface area contributed by atoms with Crippen LogP contribution >= 0.6 is 11.6 Å². The van der Waals surface area contributed by atoms with Crippen molar-refractivity contribution in [3.05, 3.63) is 93.7 Å². The number of carbonyl (C=O) groups excluding carboxylic acids is 4. The quantitative estimate of drug-likeness (QED) is 0.164. The van der Waals surface area contributed by atoms with Crippen LogP contribution in [-0.2, 0) is 16.1 Å². The Hall–Kier alpha value is -5.38. The molecule has 318 valence electrons. The number of benzene rings is 3. The minimum absolute atomic E-state index is 0.0835. The molecule has 5 aliphatic rings. The van der Waals surface area contributed by atoms with Crippen molar-refractivity contribution in [1.29, 1.82) is 5.26 Å². The normalized spacial score (nSPS) is 24.3. The number of carbonyl (C=O) groups is 4. The van der Waals surface area contributed by atoms with Gasteiger partial charge in [0.2, 0.25) is 11.8 Å². The standard InChI is InChI=1S/C48H53ClN6O6/c1-47(2)45(48(3,4)46(47)60-34-11-9-32(25-50)37(49)24-34)52-42(57)31-7-5-29(6-8-31)30-17-19-53(20-18-30)26-28-15-21-54(22-16-28)33-10-12-35-36-27-55(38-13-14-40(56)51-43(38)58)44(59)41(36)61-39(35)23-33/h5-12,23-24,28,30,38,45-46H,13-22,26-27H2,1-4H3,(H,52,57)(H,51,56,58)/t38?,45-,46-. The van der Waals surface area contributed by atoms with Gasteiger partial charge in [-0.2, -0.15) is 5.26 Å². The number of anilines is 1. The zero-order chi connectivity index (χ0) is 42.8. The van der Waals surface area contributed by atoms with E-state index in [1.54, 1.807) is 18.2 Å². The van der Waals surface area contributed by atoms with Crippen LogP contribution in [0.3, 0.4) is 0 Å². The Morgan fingerprint density at radius 3 is 2.33 bits per heavy atom. The minimum atomic E-state index is -0.658. The summed E-state index contributed by atoms with van der Waals surface area (Å²) >= 11 is 6.26. The van der Waals surface area contributed by atoms with E-state index in [2.05, 4.69) is 72.4 Å². The number of amides is 4. The van der Waals surface area contributed by atoms with Gasteiger partial charge in [-0.15, -0.1) is 0 Å². The molecule has 0 spiro atoms. The number of rotatable bonds is 9. The highest BCUT2D eigenvalue weighted by atomic mass is 35.5. The number of piperidine rings is 3. The lowest BCUT2D eigenvalue weighted by atomic mass is 9.49. The number of imide groups is 1. The van der Waals surface area contributed by atoms with Crippen LogP contribution in [0.5, 0.6) is 5.75 Å². The Balaban J connectivity index is 0.727. The highest BCUT2D eigenvalue weighted by molar-refractivity contribution is 6.31. The van der Waals surface area contributed by atoms with Crippen LogP contribution in [-0.4, -0.2) is 84.3 Å². The number of hydrogen-bond donors (Lipinski definition) is 2. The van der Waals surface area contributed by atoms with Gasteiger partial charge >= 0.3 is 0 Å². The highest BCUT2D eigenvalue weighted by Crippen LogP contribution is 2.55. The molecule has 5 heterocycles. The van der Waals surface area contributed by atoms with Gasteiger partial charge in [-0.05, 0) is 99.0 Å². The van der Waals surface area contributed by atoms with Crippen molar-refractivity contribution in [1.82, 2.24) is 20.4 Å². The van der Waals surface area contributed by atoms with Crippen molar-refractivity contribution < 1.29 is 28.3 Å². The second kappa shape index (κ2) is 15.8. The van der Waals surface area contributed by atoms with Gasteiger partial charge < -0.3 is 29.2 Å². The van der Waals surface area contributed by atoms with Crippen LogP contribution in [0.25, 0.3) is 11.0 Å². The SMILES string of the molecule is CC1(C)[C@H](NC(=O)c2ccc(C3CCN(CC4CCN(c5ccc6c7c(oc6c5)C(=O)N(C5CCC(=O)NC5=O)C7)CC4)CC3)cc2)C(C)(C)[C@H]1Oc1ccc(C#N)c(Cl)c1. The largest absolute Gasteiger partial charge is 0.489 e. The van der Waals surface area contributed by atoms with Gasteiger partial charge in [-0.3, -0.25) is 24.5 Å². The Labute approximate surface area is 361 Å². The number of hydrogen-bond acceptors (Lipinski definition) is 9. The Morgan fingerprint density at radius 2 is 1.66 bits per heavy atom. The molecule has 4 aromatic rings. The molecule has 3 aromatic carbocycles. The summed E-state index contributed by atoms with van der Waals surface area (Å²) in [5.41, 5.74) is 4.28. The monoisotopic (exact) mass is 844 g/mol. The van der Waals surface area contributed by atoms with Crippen LogP contribution in [0, 0.1) is 28.1 Å². The number of ether oxygens (including phenoxy) is 1. The molecule has 1 unspecified atom stereocenters. The molecule has 1 aromatic heterocycles.